The van der Waals surface area contributed by atoms with Crippen molar-refractivity contribution in [2.75, 3.05) is 0 Å². The summed E-state index contributed by atoms with van der Waals surface area (Å²) in [4.78, 5) is 0. The molecule has 0 amide bonds. The summed E-state index contributed by atoms with van der Waals surface area (Å²) in [6.45, 7) is 0. The number of hydrogen-bond donors (Lipinski definition) is 0. The summed E-state index contributed by atoms with van der Waals surface area (Å²) in [6, 6.07) is 0. The molecule has 0 saturated carbocycles. The van der Waals surface area contributed by atoms with Gasteiger partial charge in [-0.3, -0.25) is 0 Å². The molecule has 0 aromatic heterocycles. The quantitative estimate of drug-likeness (QED) is 0.378. The van der Waals surface area contributed by atoms with Crippen molar-refractivity contribution < 1.29 is 86.8 Å². The molecule has 114 valence electrons. The minimum Gasteiger partial charge on any atom is -0.743 e. The van der Waals surface area contributed by atoms with Gasteiger partial charge < -0.3 is 4.55 Å². The second-order valence-corrected chi connectivity index (χ2v) is 4.10. The summed E-state index contributed by atoms with van der Waals surface area (Å²) in [5, 5.41) is -6.74. The smallest absolute Gasteiger partial charge is 0.743 e. The molecule has 20 heavy (non-hydrogen) atoms. The standard InChI is InChI=1S/C5HF9O4S.Na/c6-1(2(7)8)3(9,10)18-4(11,12)5(13,14)19(15,16)17;/h(H,15,16,17);/q;+1/p-1. The molecule has 0 heterocycles. The van der Waals surface area contributed by atoms with Gasteiger partial charge in [0, 0.05) is 0 Å². The van der Waals surface area contributed by atoms with E-state index in [-0.39, 0.29) is 29.6 Å². The first-order valence-corrected chi connectivity index (χ1v) is 4.97. The average Bonchev–Trinajstić information content (AvgIpc) is 2.12. The third-order valence-electron chi connectivity index (χ3n) is 1.33. The van der Waals surface area contributed by atoms with Crippen LogP contribution in [0.15, 0.2) is 11.9 Å². The monoisotopic (exact) mass is 350 g/mol. The Morgan fingerprint density at radius 3 is 1.55 bits per heavy atom. The summed E-state index contributed by atoms with van der Waals surface area (Å²) in [7, 11) is -7.20. The summed E-state index contributed by atoms with van der Waals surface area (Å²) >= 11 is 0. The predicted molar refractivity (Wildman–Crippen MR) is 36.0 cm³/mol. The largest absolute Gasteiger partial charge is 1.00 e. The maximum Gasteiger partial charge on any atom is 1.00 e. The molecule has 0 spiro atoms. The number of rotatable bonds is 5. The predicted octanol–water partition coefficient (Wildman–Crippen LogP) is -0.592. The van der Waals surface area contributed by atoms with Crippen molar-refractivity contribution in [3.63, 3.8) is 0 Å². The van der Waals surface area contributed by atoms with E-state index in [4.69, 9.17) is 0 Å². The van der Waals surface area contributed by atoms with Crippen molar-refractivity contribution in [2.45, 2.75) is 17.5 Å². The van der Waals surface area contributed by atoms with Gasteiger partial charge in [0.25, 0.3) is 5.83 Å². The molecule has 0 atom stereocenters. The van der Waals surface area contributed by atoms with E-state index in [0.29, 0.717) is 0 Å². The van der Waals surface area contributed by atoms with Crippen molar-refractivity contribution in [1.82, 2.24) is 0 Å². The van der Waals surface area contributed by atoms with Crippen LogP contribution in [0.4, 0.5) is 39.5 Å². The van der Waals surface area contributed by atoms with Gasteiger partial charge in [0.05, 0.1) is 0 Å². The van der Waals surface area contributed by atoms with Gasteiger partial charge in [0.15, 0.2) is 10.1 Å². The van der Waals surface area contributed by atoms with Crippen LogP contribution in [-0.2, 0) is 14.9 Å². The fourth-order valence-corrected chi connectivity index (χ4v) is 0.853. The van der Waals surface area contributed by atoms with Gasteiger partial charge in [-0.1, -0.05) is 0 Å². The van der Waals surface area contributed by atoms with Crippen molar-refractivity contribution >= 4 is 10.1 Å². The Labute approximate surface area is 126 Å². The summed E-state index contributed by atoms with van der Waals surface area (Å²) in [6.07, 6.45) is -16.9. The van der Waals surface area contributed by atoms with E-state index in [0.717, 1.165) is 0 Å². The summed E-state index contributed by atoms with van der Waals surface area (Å²) in [5.41, 5.74) is 0. The summed E-state index contributed by atoms with van der Waals surface area (Å²) < 4.78 is 139. The second kappa shape index (κ2) is 6.39. The van der Waals surface area contributed by atoms with Crippen molar-refractivity contribution in [3.8, 4) is 0 Å². The number of alkyl halides is 6. The van der Waals surface area contributed by atoms with E-state index < -0.39 is 39.5 Å². The molecule has 0 aliphatic rings. The first kappa shape index (κ1) is 22.3. The van der Waals surface area contributed by atoms with Gasteiger partial charge in [0.1, 0.15) is 0 Å². The molecule has 0 saturated heterocycles. The van der Waals surface area contributed by atoms with Crippen LogP contribution < -0.4 is 29.6 Å². The Hall–Kier alpha value is -0.0200. The third-order valence-corrected chi connectivity index (χ3v) is 2.20. The van der Waals surface area contributed by atoms with Crippen LogP contribution in [0.25, 0.3) is 0 Å². The minimum atomic E-state index is -7.20. The molecule has 0 N–H and O–H groups in total. The van der Waals surface area contributed by atoms with Crippen LogP contribution >= 0.6 is 0 Å². The molecular weight excluding hydrogens is 350 g/mol. The Bertz CT molecular complexity index is 483. The first-order valence-electron chi connectivity index (χ1n) is 3.56. The first-order chi connectivity index (χ1) is 8.06. The zero-order chi connectivity index (χ0) is 15.9. The Morgan fingerprint density at radius 1 is 0.950 bits per heavy atom. The zero-order valence-corrected chi connectivity index (χ0v) is 11.8. The second-order valence-electron chi connectivity index (χ2n) is 2.68. The van der Waals surface area contributed by atoms with Crippen LogP contribution in [0.5, 0.6) is 0 Å². The van der Waals surface area contributed by atoms with E-state index in [1.54, 1.807) is 4.74 Å². The fraction of sp³-hybridized carbons (Fsp3) is 0.600. The van der Waals surface area contributed by atoms with Gasteiger partial charge in [0.2, 0.25) is 0 Å². The Morgan fingerprint density at radius 2 is 1.30 bits per heavy atom. The van der Waals surface area contributed by atoms with Crippen molar-refractivity contribution in [1.29, 1.82) is 0 Å². The van der Waals surface area contributed by atoms with Gasteiger partial charge in [-0.25, -0.2) is 13.2 Å². The van der Waals surface area contributed by atoms with Gasteiger partial charge >= 0.3 is 53.1 Å². The maximum absolute atomic E-state index is 12.4. The third kappa shape index (κ3) is 4.49. The van der Waals surface area contributed by atoms with Crippen LogP contribution in [0, 0.1) is 0 Å². The molecule has 15 heteroatoms. The van der Waals surface area contributed by atoms with E-state index in [1.165, 1.54) is 0 Å². The molecule has 4 nitrogen and oxygen atoms in total. The minimum absolute atomic E-state index is 0. The van der Waals surface area contributed by atoms with E-state index in [9.17, 15) is 52.5 Å². The van der Waals surface area contributed by atoms with Crippen LogP contribution in [0.1, 0.15) is 0 Å². The van der Waals surface area contributed by atoms with E-state index in [2.05, 4.69) is 0 Å². The summed E-state index contributed by atoms with van der Waals surface area (Å²) in [5.74, 6) is -3.95. The van der Waals surface area contributed by atoms with E-state index in [1.807, 2.05) is 0 Å². The number of hydrogen-bond acceptors (Lipinski definition) is 4. The van der Waals surface area contributed by atoms with Gasteiger partial charge in [-0.2, -0.15) is 39.5 Å². The SMILES string of the molecule is O=S(=O)([O-])C(F)(F)C(F)(F)OC(F)(F)C(F)=C(F)F.[Na+]. The van der Waals surface area contributed by atoms with Gasteiger partial charge in [-0.15, -0.1) is 0 Å². The van der Waals surface area contributed by atoms with Gasteiger partial charge in [-0.05, 0) is 0 Å². The molecule has 0 aromatic carbocycles. The van der Waals surface area contributed by atoms with E-state index >= 15 is 0 Å². The Kier molecular flexibility index (Phi) is 7.12. The molecule has 0 rings (SSSR count). The Balaban J connectivity index is 0. The molecule has 0 aromatic rings. The number of ether oxygens (including phenoxy) is 1. The fourth-order valence-electron chi connectivity index (χ4n) is 0.521. The van der Waals surface area contributed by atoms with Crippen LogP contribution in [-0.4, -0.2) is 30.4 Å². The molecule has 0 unspecified atom stereocenters. The van der Waals surface area contributed by atoms with Crippen molar-refractivity contribution in [3.05, 3.63) is 11.9 Å². The zero-order valence-electron chi connectivity index (χ0n) is 8.94. The molecule has 0 aliphatic heterocycles. The molecule has 0 radical (unpaired) electrons. The molecule has 0 fully saturated rings. The van der Waals surface area contributed by atoms with Crippen LogP contribution in [0.2, 0.25) is 0 Å². The average molecular weight is 350 g/mol. The maximum atomic E-state index is 12.4. The normalized spacial score (nSPS) is 13.7. The van der Waals surface area contributed by atoms with Crippen molar-refractivity contribution in [2.24, 2.45) is 0 Å². The number of halogens is 9. The molecule has 0 aliphatic carbocycles. The molecule has 0 bridgehead atoms. The molecular formula is C5F9NaO4S. The van der Waals surface area contributed by atoms with Crippen LogP contribution in [0.3, 0.4) is 0 Å². The topological polar surface area (TPSA) is 66.4 Å².